The molecule has 3 rings (SSSR count). The van der Waals surface area contributed by atoms with Gasteiger partial charge in [0.15, 0.2) is 11.0 Å². The molecule has 1 N–H and O–H groups in total. The number of hydrogen-bond acceptors (Lipinski definition) is 6. The molecule has 7 nitrogen and oxygen atoms in total. The summed E-state index contributed by atoms with van der Waals surface area (Å²) in [6.07, 6.45) is 0.252. The molecule has 9 heteroatoms. The molecule has 130 valence electrons. The zero-order valence-corrected chi connectivity index (χ0v) is 15.4. The SMILES string of the molecule is CC(C)c1csc(NC(=O)CCn2nnnc2-c2ccc(Cl)cc2)n1. The summed E-state index contributed by atoms with van der Waals surface area (Å²) in [5.41, 5.74) is 1.82. The summed E-state index contributed by atoms with van der Waals surface area (Å²) in [6, 6.07) is 7.23. The third-order valence-electron chi connectivity index (χ3n) is 3.54. The molecule has 0 aliphatic heterocycles. The van der Waals surface area contributed by atoms with E-state index >= 15 is 0 Å². The molecule has 0 spiro atoms. The first-order valence-electron chi connectivity index (χ1n) is 7.80. The molecule has 0 radical (unpaired) electrons. The zero-order chi connectivity index (χ0) is 17.8. The highest BCUT2D eigenvalue weighted by Gasteiger charge is 2.12. The Kier molecular flexibility index (Phi) is 5.40. The number of aromatic nitrogens is 5. The van der Waals surface area contributed by atoms with Crippen LogP contribution in [0.1, 0.15) is 31.9 Å². The van der Waals surface area contributed by atoms with Gasteiger partial charge in [-0.15, -0.1) is 16.4 Å². The molecule has 0 aliphatic carbocycles. The van der Waals surface area contributed by atoms with Crippen LogP contribution in [0, 0.1) is 0 Å². The summed E-state index contributed by atoms with van der Waals surface area (Å²) >= 11 is 7.33. The number of rotatable bonds is 6. The van der Waals surface area contributed by atoms with Crippen molar-refractivity contribution >= 4 is 34.0 Å². The Morgan fingerprint density at radius 1 is 1.32 bits per heavy atom. The molecule has 0 aliphatic rings. The summed E-state index contributed by atoms with van der Waals surface area (Å²) in [4.78, 5) is 16.5. The number of benzene rings is 1. The van der Waals surface area contributed by atoms with Crippen molar-refractivity contribution < 1.29 is 4.79 Å². The van der Waals surface area contributed by atoms with Crippen LogP contribution >= 0.6 is 22.9 Å². The Morgan fingerprint density at radius 3 is 2.76 bits per heavy atom. The van der Waals surface area contributed by atoms with Crippen LogP contribution in [0.4, 0.5) is 5.13 Å². The van der Waals surface area contributed by atoms with Crippen molar-refractivity contribution in [2.75, 3.05) is 5.32 Å². The van der Waals surface area contributed by atoms with Crippen LogP contribution in [0.5, 0.6) is 0 Å². The molecule has 0 unspecified atom stereocenters. The average molecular weight is 377 g/mol. The van der Waals surface area contributed by atoms with Crippen LogP contribution in [0.25, 0.3) is 11.4 Å². The second kappa shape index (κ2) is 7.71. The monoisotopic (exact) mass is 376 g/mol. The van der Waals surface area contributed by atoms with Gasteiger partial charge in [-0.25, -0.2) is 9.67 Å². The summed E-state index contributed by atoms with van der Waals surface area (Å²) in [7, 11) is 0. The van der Waals surface area contributed by atoms with Gasteiger partial charge in [-0.1, -0.05) is 25.4 Å². The molecule has 3 aromatic rings. The van der Waals surface area contributed by atoms with Crippen molar-refractivity contribution in [1.82, 2.24) is 25.2 Å². The molecule has 0 bridgehead atoms. The first-order chi connectivity index (χ1) is 12.0. The minimum absolute atomic E-state index is 0.123. The number of nitrogens with zero attached hydrogens (tertiary/aromatic N) is 5. The van der Waals surface area contributed by atoms with Crippen molar-refractivity contribution in [2.24, 2.45) is 0 Å². The van der Waals surface area contributed by atoms with Crippen molar-refractivity contribution in [3.8, 4) is 11.4 Å². The maximum atomic E-state index is 12.1. The lowest BCUT2D eigenvalue weighted by molar-refractivity contribution is -0.116. The van der Waals surface area contributed by atoms with Gasteiger partial charge in [0.05, 0.1) is 12.2 Å². The largest absolute Gasteiger partial charge is 0.302 e. The fourth-order valence-electron chi connectivity index (χ4n) is 2.16. The highest BCUT2D eigenvalue weighted by molar-refractivity contribution is 7.13. The van der Waals surface area contributed by atoms with Crippen LogP contribution in [-0.4, -0.2) is 31.1 Å². The molecule has 0 saturated heterocycles. The predicted octanol–water partition coefficient (Wildman–Crippen LogP) is 3.60. The highest BCUT2D eigenvalue weighted by atomic mass is 35.5. The van der Waals surface area contributed by atoms with Crippen LogP contribution in [0.2, 0.25) is 5.02 Å². The van der Waals surface area contributed by atoms with Crippen LogP contribution in [-0.2, 0) is 11.3 Å². The van der Waals surface area contributed by atoms with E-state index in [1.165, 1.54) is 11.3 Å². The second-order valence-electron chi connectivity index (χ2n) is 5.76. The van der Waals surface area contributed by atoms with Gasteiger partial charge in [0.25, 0.3) is 0 Å². The first kappa shape index (κ1) is 17.5. The minimum atomic E-state index is -0.123. The summed E-state index contributed by atoms with van der Waals surface area (Å²) in [5, 5.41) is 17.7. The molecular formula is C16H17ClN6OS. The molecule has 1 amide bonds. The number of nitrogens with one attached hydrogen (secondary N) is 1. The predicted molar refractivity (Wildman–Crippen MR) is 97.7 cm³/mol. The Bertz CT molecular complexity index is 858. The van der Waals surface area contributed by atoms with E-state index in [1.54, 1.807) is 16.8 Å². The quantitative estimate of drug-likeness (QED) is 0.710. The van der Waals surface area contributed by atoms with E-state index in [2.05, 4.69) is 39.7 Å². The van der Waals surface area contributed by atoms with Gasteiger partial charge in [0.2, 0.25) is 5.91 Å². The first-order valence-corrected chi connectivity index (χ1v) is 9.06. The van der Waals surface area contributed by atoms with Crippen molar-refractivity contribution in [3.05, 3.63) is 40.4 Å². The number of amides is 1. The van der Waals surface area contributed by atoms with Crippen molar-refractivity contribution in [2.45, 2.75) is 32.7 Å². The van der Waals surface area contributed by atoms with Gasteiger partial charge in [0, 0.05) is 22.4 Å². The van der Waals surface area contributed by atoms with Crippen molar-refractivity contribution in [3.63, 3.8) is 0 Å². The number of aryl methyl sites for hydroxylation is 1. The third kappa shape index (κ3) is 4.40. The highest BCUT2D eigenvalue weighted by Crippen LogP contribution is 2.22. The molecule has 2 aromatic heterocycles. The molecular weight excluding hydrogens is 360 g/mol. The standard InChI is InChI=1S/C16H17ClN6OS/c1-10(2)13-9-25-16(18-13)19-14(24)7-8-23-15(20-21-22-23)11-3-5-12(17)6-4-11/h3-6,9-10H,7-8H2,1-2H3,(H,18,19,24). The van der Waals surface area contributed by atoms with Gasteiger partial charge in [-0.3, -0.25) is 4.79 Å². The van der Waals surface area contributed by atoms with E-state index in [1.807, 2.05) is 17.5 Å². The fraction of sp³-hybridized carbons (Fsp3) is 0.312. The number of tetrazole rings is 1. The van der Waals surface area contributed by atoms with E-state index < -0.39 is 0 Å². The molecule has 0 atom stereocenters. The van der Waals surface area contributed by atoms with E-state index in [4.69, 9.17) is 11.6 Å². The summed E-state index contributed by atoms with van der Waals surface area (Å²) < 4.78 is 1.60. The second-order valence-corrected chi connectivity index (χ2v) is 7.06. The van der Waals surface area contributed by atoms with Gasteiger partial charge >= 0.3 is 0 Å². The fourth-order valence-corrected chi connectivity index (χ4v) is 3.17. The van der Waals surface area contributed by atoms with Gasteiger partial charge < -0.3 is 5.32 Å². The number of carbonyl (C=O) groups is 1. The Labute approximate surface area is 154 Å². The Balaban J connectivity index is 1.61. The topological polar surface area (TPSA) is 85.6 Å². The lowest BCUT2D eigenvalue weighted by Crippen LogP contribution is -2.15. The minimum Gasteiger partial charge on any atom is -0.302 e. The van der Waals surface area contributed by atoms with Gasteiger partial charge in [0.1, 0.15) is 0 Å². The molecule has 0 fully saturated rings. The normalized spacial score (nSPS) is 11.0. The summed E-state index contributed by atoms with van der Waals surface area (Å²) in [6.45, 7) is 4.51. The number of thiazole rings is 1. The molecule has 0 saturated carbocycles. The van der Waals surface area contributed by atoms with Gasteiger partial charge in [-0.05, 0) is 40.6 Å². The maximum Gasteiger partial charge on any atom is 0.228 e. The molecule has 2 heterocycles. The number of halogens is 1. The van der Waals surface area contributed by atoms with Crippen molar-refractivity contribution in [1.29, 1.82) is 0 Å². The number of carbonyl (C=O) groups excluding carboxylic acids is 1. The smallest absolute Gasteiger partial charge is 0.228 e. The Hall–Kier alpha value is -2.32. The number of anilines is 1. The average Bonchev–Trinajstić information content (AvgIpc) is 3.23. The molecule has 1 aromatic carbocycles. The lowest BCUT2D eigenvalue weighted by Gasteiger charge is -2.05. The van der Waals surface area contributed by atoms with Crippen LogP contribution in [0.3, 0.4) is 0 Å². The Morgan fingerprint density at radius 2 is 2.08 bits per heavy atom. The molecule has 25 heavy (non-hydrogen) atoms. The van der Waals surface area contributed by atoms with E-state index in [9.17, 15) is 4.79 Å². The zero-order valence-electron chi connectivity index (χ0n) is 13.8. The maximum absolute atomic E-state index is 12.1. The van der Waals surface area contributed by atoms with Gasteiger partial charge in [-0.2, -0.15) is 0 Å². The van der Waals surface area contributed by atoms with E-state index in [-0.39, 0.29) is 12.3 Å². The van der Waals surface area contributed by atoms with E-state index in [0.29, 0.717) is 28.4 Å². The lowest BCUT2D eigenvalue weighted by atomic mass is 10.2. The third-order valence-corrected chi connectivity index (χ3v) is 4.57. The van der Waals surface area contributed by atoms with Crippen LogP contribution < -0.4 is 5.32 Å². The van der Waals surface area contributed by atoms with E-state index in [0.717, 1.165) is 11.3 Å². The summed E-state index contributed by atoms with van der Waals surface area (Å²) in [5.74, 6) is 0.813. The van der Waals surface area contributed by atoms with Crippen LogP contribution in [0.15, 0.2) is 29.6 Å². The number of hydrogen-bond donors (Lipinski definition) is 1.